The molecule has 0 aliphatic carbocycles. The van der Waals surface area contributed by atoms with Gasteiger partial charge in [0.15, 0.2) is 0 Å². The number of hydrogen-bond donors (Lipinski definition) is 3. The van der Waals surface area contributed by atoms with Crippen molar-refractivity contribution in [3.05, 3.63) is 23.8 Å². The van der Waals surface area contributed by atoms with Gasteiger partial charge in [-0.25, -0.2) is 0 Å². The standard InChI is InChI=1S/C20H30N4O3/c1-3-4-7-19(26)22-16-9-8-14(2)11-17(16)23-20(27)15-6-5-10-24(12-15)13-18(21)25/h8-9,11,15H,3-7,10,12-13H2,1-2H3,(H2,21,25)(H,22,26)(H,23,27). The largest absolute Gasteiger partial charge is 0.369 e. The van der Waals surface area contributed by atoms with Crippen molar-refractivity contribution < 1.29 is 14.4 Å². The molecule has 3 amide bonds. The van der Waals surface area contributed by atoms with Crippen molar-refractivity contribution in [1.29, 1.82) is 0 Å². The van der Waals surface area contributed by atoms with Crippen LogP contribution in [-0.4, -0.2) is 42.3 Å². The van der Waals surface area contributed by atoms with Crippen LogP contribution in [0, 0.1) is 12.8 Å². The average molecular weight is 374 g/mol. The summed E-state index contributed by atoms with van der Waals surface area (Å²) in [5, 5.41) is 5.85. The zero-order chi connectivity index (χ0) is 19.8. The van der Waals surface area contributed by atoms with Gasteiger partial charge in [0.2, 0.25) is 17.7 Å². The van der Waals surface area contributed by atoms with Crippen molar-refractivity contribution in [1.82, 2.24) is 4.90 Å². The number of primary amides is 1. The van der Waals surface area contributed by atoms with Crippen LogP contribution in [0.5, 0.6) is 0 Å². The molecule has 1 saturated heterocycles. The highest BCUT2D eigenvalue weighted by Gasteiger charge is 2.27. The zero-order valence-corrected chi connectivity index (χ0v) is 16.2. The molecule has 0 aromatic heterocycles. The molecule has 7 heteroatoms. The van der Waals surface area contributed by atoms with Crippen LogP contribution >= 0.6 is 0 Å². The number of nitrogens with one attached hydrogen (secondary N) is 2. The van der Waals surface area contributed by atoms with E-state index >= 15 is 0 Å². The van der Waals surface area contributed by atoms with E-state index in [2.05, 4.69) is 10.6 Å². The predicted octanol–water partition coefficient (Wildman–Crippen LogP) is 2.26. The average Bonchev–Trinajstić information content (AvgIpc) is 2.62. The second kappa shape index (κ2) is 10.1. The molecule has 27 heavy (non-hydrogen) atoms. The van der Waals surface area contributed by atoms with Crippen LogP contribution in [0.15, 0.2) is 18.2 Å². The van der Waals surface area contributed by atoms with Gasteiger partial charge < -0.3 is 16.4 Å². The molecule has 0 saturated carbocycles. The first-order valence-corrected chi connectivity index (χ1v) is 9.61. The van der Waals surface area contributed by atoms with E-state index in [0.29, 0.717) is 24.3 Å². The fourth-order valence-electron chi connectivity index (χ4n) is 3.29. The van der Waals surface area contributed by atoms with Crippen molar-refractivity contribution in [3.8, 4) is 0 Å². The number of hydrogen-bond acceptors (Lipinski definition) is 4. The van der Waals surface area contributed by atoms with Gasteiger partial charge in [-0.05, 0) is 50.4 Å². The number of carbonyl (C=O) groups excluding carboxylic acids is 3. The molecule has 0 bridgehead atoms. The Bertz CT molecular complexity index is 690. The predicted molar refractivity (Wildman–Crippen MR) is 106 cm³/mol. The highest BCUT2D eigenvalue weighted by Crippen LogP contribution is 2.26. The highest BCUT2D eigenvalue weighted by atomic mass is 16.2. The number of benzene rings is 1. The van der Waals surface area contributed by atoms with E-state index in [9.17, 15) is 14.4 Å². The van der Waals surface area contributed by atoms with Gasteiger partial charge in [-0.2, -0.15) is 0 Å². The van der Waals surface area contributed by atoms with Gasteiger partial charge in [0, 0.05) is 13.0 Å². The first-order valence-electron chi connectivity index (χ1n) is 9.61. The van der Waals surface area contributed by atoms with E-state index in [4.69, 9.17) is 5.73 Å². The third-order valence-electron chi connectivity index (χ3n) is 4.72. The monoisotopic (exact) mass is 374 g/mol. The molecule has 1 aliphatic rings. The van der Waals surface area contributed by atoms with Crippen LogP contribution in [0.25, 0.3) is 0 Å². The fourth-order valence-corrected chi connectivity index (χ4v) is 3.29. The van der Waals surface area contributed by atoms with Crippen LogP contribution in [0.2, 0.25) is 0 Å². The number of aryl methyl sites for hydroxylation is 1. The molecule has 1 unspecified atom stereocenters. The Kier molecular flexibility index (Phi) is 7.79. The summed E-state index contributed by atoms with van der Waals surface area (Å²) in [5.74, 6) is -0.741. The quantitative estimate of drug-likeness (QED) is 0.649. The molecule has 1 fully saturated rings. The van der Waals surface area contributed by atoms with Crippen LogP contribution in [0.1, 0.15) is 44.6 Å². The van der Waals surface area contributed by atoms with Gasteiger partial charge in [0.05, 0.1) is 23.8 Å². The molecule has 1 aromatic carbocycles. The Morgan fingerprint density at radius 2 is 2.00 bits per heavy atom. The minimum Gasteiger partial charge on any atom is -0.369 e. The number of piperidine rings is 1. The molecule has 0 radical (unpaired) electrons. The van der Waals surface area contributed by atoms with Crippen LogP contribution in [0.3, 0.4) is 0 Å². The van der Waals surface area contributed by atoms with Crippen molar-refractivity contribution in [2.45, 2.75) is 46.0 Å². The lowest BCUT2D eigenvalue weighted by atomic mass is 9.97. The number of amides is 3. The van der Waals surface area contributed by atoms with E-state index in [1.54, 1.807) is 0 Å². The lowest BCUT2D eigenvalue weighted by Gasteiger charge is -2.31. The first-order chi connectivity index (χ1) is 12.9. The molecule has 0 spiro atoms. The van der Waals surface area contributed by atoms with Crippen LogP contribution < -0.4 is 16.4 Å². The number of nitrogens with two attached hydrogens (primary N) is 1. The van der Waals surface area contributed by atoms with Crippen molar-refractivity contribution in [3.63, 3.8) is 0 Å². The van der Waals surface area contributed by atoms with Gasteiger partial charge in [0.1, 0.15) is 0 Å². The van der Waals surface area contributed by atoms with Gasteiger partial charge >= 0.3 is 0 Å². The molecular weight excluding hydrogens is 344 g/mol. The number of nitrogens with zero attached hydrogens (tertiary/aromatic N) is 1. The Morgan fingerprint density at radius 3 is 2.70 bits per heavy atom. The van der Waals surface area contributed by atoms with E-state index in [1.807, 2.05) is 36.9 Å². The number of carbonyl (C=O) groups is 3. The minimum atomic E-state index is -0.383. The third-order valence-corrected chi connectivity index (χ3v) is 4.72. The Labute approximate surface area is 160 Å². The van der Waals surface area contributed by atoms with Gasteiger partial charge in [-0.3, -0.25) is 19.3 Å². The summed E-state index contributed by atoms with van der Waals surface area (Å²) in [6.07, 6.45) is 3.86. The molecule has 1 atom stereocenters. The molecule has 1 aliphatic heterocycles. The number of unbranched alkanes of at least 4 members (excludes halogenated alkanes) is 1. The SMILES string of the molecule is CCCCC(=O)Nc1ccc(C)cc1NC(=O)C1CCCN(CC(N)=O)C1. The van der Waals surface area contributed by atoms with E-state index in [0.717, 1.165) is 37.8 Å². The summed E-state index contributed by atoms with van der Waals surface area (Å²) in [7, 11) is 0. The van der Waals surface area contributed by atoms with Crippen LogP contribution in [-0.2, 0) is 14.4 Å². The lowest BCUT2D eigenvalue weighted by Crippen LogP contribution is -2.44. The van der Waals surface area contributed by atoms with Crippen molar-refractivity contribution in [2.24, 2.45) is 11.7 Å². The van der Waals surface area contributed by atoms with Gasteiger partial charge in [-0.15, -0.1) is 0 Å². The third kappa shape index (κ3) is 6.67. The fraction of sp³-hybridized carbons (Fsp3) is 0.550. The first kappa shape index (κ1) is 20.9. The second-order valence-electron chi connectivity index (χ2n) is 7.23. The maximum atomic E-state index is 12.8. The maximum Gasteiger partial charge on any atom is 0.231 e. The molecule has 2 rings (SSSR count). The Balaban J connectivity index is 2.04. The summed E-state index contributed by atoms with van der Waals surface area (Å²) in [6, 6.07) is 5.58. The molecular formula is C20H30N4O3. The van der Waals surface area contributed by atoms with Gasteiger partial charge in [-0.1, -0.05) is 19.4 Å². The Hall–Kier alpha value is -2.41. The van der Waals surface area contributed by atoms with E-state index in [1.165, 1.54) is 0 Å². The van der Waals surface area contributed by atoms with E-state index in [-0.39, 0.29) is 30.2 Å². The van der Waals surface area contributed by atoms with E-state index < -0.39 is 0 Å². The lowest BCUT2D eigenvalue weighted by molar-refractivity contribution is -0.124. The number of likely N-dealkylation sites (tertiary alicyclic amines) is 1. The second-order valence-corrected chi connectivity index (χ2v) is 7.23. The molecule has 1 aromatic rings. The maximum absolute atomic E-state index is 12.8. The molecule has 1 heterocycles. The Morgan fingerprint density at radius 1 is 1.22 bits per heavy atom. The molecule has 148 valence electrons. The normalized spacial score (nSPS) is 17.3. The number of rotatable bonds is 8. The number of anilines is 2. The molecule has 7 nitrogen and oxygen atoms in total. The van der Waals surface area contributed by atoms with Crippen molar-refractivity contribution in [2.75, 3.05) is 30.3 Å². The summed E-state index contributed by atoms with van der Waals surface area (Å²) in [5.41, 5.74) is 7.48. The van der Waals surface area contributed by atoms with Crippen molar-refractivity contribution >= 4 is 29.1 Å². The zero-order valence-electron chi connectivity index (χ0n) is 16.2. The smallest absolute Gasteiger partial charge is 0.231 e. The summed E-state index contributed by atoms with van der Waals surface area (Å²) < 4.78 is 0. The summed E-state index contributed by atoms with van der Waals surface area (Å²) >= 11 is 0. The highest BCUT2D eigenvalue weighted by molar-refractivity contribution is 6.00. The topological polar surface area (TPSA) is 105 Å². The molecule has 4 N–H and O–H groups in total. The van der Waals surface area contributed by atoms with Crippen LogP contribution in [0.4, 0.5) is 11.4 Å². The summed E-state index contributed by atoms with van der Waals surface area (Å²) in [4.78, 5) is 37.9. The summed E-state index contributed by atoms with van der Waals surface area (Å²) in [6.45, 7) is 5.44. The van der Waals surface area contributed by atoms with Gasteiger partial charge in [0.25, 0.3) is 0 Å². The minimum absolute atomic E-state index is 0.0542.